The molecule has 0 aliphatic rings. The van der Waals surface area contributed by atoms with Crippen LogP contribution in [0.3, 0.4) is 0 Å². The zero-order valence-electron chi connectivity index (χ0n) is 11.6. The van der Waals surface area contributed by atoms with E-state index < -0.39 is 0 Å². The van der Waals surface area contributed by atoms with Gasteiger partial charge in [0.15, 0.2) is 0 Å². The summed E-state index contributed by atoms with van der Waals surface area (Å²) >= 11 is 0. The van der Waals surface area contributed by atoms with Gasteiger partial charge in [0.2, 0.25) is 0 Å². The molecular formula is C15H28N2. The maximum absolute atomic E-state index is 5.53. The van der Waals surface area contributed by atoms with E-state index in [4.69, 9.17) is 5.73 Å². The second-order valence-corrected chi connectivity index (χ2v) is 4.20. The highest BCUT2D eigenvalue weighted by molar-refractivity contribution is 5.40. The Balaban J connectivity index is 0.000000304. The standard InChI is InChI=1S/C8H11N.C7H17N/c1-2-7-4-3-5-8(9)6-7;1-3-5-7-8-6-4-2/h3-6H,2,9H2,1H3;8H,3-7H2,1-2H3. The van der Waals surface area contributed by atoms with Crippen LogP contribution >= 0.6 is 0 Å². The fourth-order valence-corrected chi connectivity index (χ4v) is 1.42. The molecule has 0 amide bonds. The van der Waals surface area contributed by atoms with Crippen molar-refractivity contribution in [3.05, 3.63) is 29.8 Å². The van der Waals surface area contributed by atoms with E-state index in [1.165, 1.54) is 37.9 Å². The summed E-state index contributed by atoms with van der Waals surface area (Å²) in [5, 5.41) is 3.34. The van der Waals surface area contributed by atoms with Crippen molar-refractivity contribution < 1.29 is 0 Å². The van der Waals surface area contributed by atoms with Gasteiger partial charge in [-0.3, -0.25) is 0 Å². The molecule has 0 saturated carbocycles. The molecule has 0 aliphatic carbocycles. The molecule has 0 fully saturated rings. The van der Waals surface area contributed by atoms with E-state index in [2.05, 4.69) is 32.2 Å². The molecule has 0 spiro atoms. The molecule has 0 aliphatic heterocycles. The summed E-state index contributed by atoms with van der Waals surface area (Å²) in [6, 6.07) is 7.96. The van der Waals surface area contributed by atoms with Gasteiger partial charge in [-0.2, -0.15) is 0 Å². The lowest BCUT2D eigenvalue weighted by molar-refractivity contribution is 0.633. The molecule has 1 rings (SSSR count). The average molecular weight is 236 g/mol. The highest BCUT2D eigenvalue weighted by atomic mass is 14.8. The van der Waals surface area contributed by atoms with Crippen LogP contribution in [0.1, 0.15) is 45.6 Å². The quantitative estimate of drug-likeness (QED) is 0.585. The fourth-order valence-electron chi connectivity index (χ4n) is 1.42. The molecule has 0 heterocycles. The molecule has 0 radical (unpaired) electrons. The van der Waals surface area contributed by atoms with Gasteiger partial charge in [-0.05, 0) is 50.0 Å². The van der Waals surface area contributed by atoms with Crippen molar-refractivity contribution in [2.24, 2.45) is 0 Å². The molecule has 1 aromatic rings. The van der Waals surface area contributed by atoms with Crippen molar-refractivity contribution >= 4 is 5.69 Å². The number of hydrogen-bond donors (Lipinski definition) is 2. The minimum absolute atomic E-state index is 0.856. The van der Waals surface area contributed by atoms with Gasteiger partial charge in [0.05, 0.1) is 0 Å². The predicted octanol–water partition coefficient (Wildman–Crippen LogP) is 3.62. The van der Waals surface area contributed by atoms with E-state index in [1.54, 1.807) is 0 Å². The Bertz CT molecular complexity index is 265. The van der Waals surface area contributed by atoms with Gasteiger partial charge in [-0.15, -0.1) is 0 Å². The summed E-state index contributed by atoms with van der Waals surface area (Å²) in [7, 11) is 0. The number of benzene rings is 1. The number of nitrogens with one attached hydrogen (secondary N) is 1. The average Bonchev–Trinajstić information content (AvgIpc) is 2.35. The van der Waals surface area contributed by atoms with E-state index in [-0.39, 0.29) is 0 Å². The van der Waals surface area contributed by atoms with Crippen LogP contribution in [0, 0.1) is 0 Å². The maximum Gasteiger partial charge on any atom is 0.0316 e. The largest absolute Gasteiger partial charge is 0.399 e. The minimum atomic E-state index is 0.856. The third-order valence-electron chi connectivity index (χ3n) is 2.49. The van der Waals surface area contributed by atoms with Crippen LogP contribution in [0.5, 0.6) is 0 Å². The zero-order chi connectivity index (χ0) is 12.9. The fraction of sp³-hybridized carbons (Fsp3) is 0.600. The van der Waals surface area contributed by atoms with Gasteiger partial charge in [-0.1, -0.05) is 39.3 Å². The first-order valence-electron chi connectivity index (χ1n) is 6.79. The molecule has 0 saturated heterocycles. The summed E-state index contributed by atoms with van der Waals surface area (Å²) in [6.45, 7) is 8.91. The number of nitrogen functional groups attached to an aromatic ring is 1. The summed E-state index contributed by atoms with van der Waals surface area (Å²) in [5.74, 6) is 0. The van der Waals surface area contributed by atoms with Gasteiger partial charge in [0.25, 0.3) is 0 Å². The van der Waals surface area contributed by atoms with Crippen LogP contribution in [0.2, 0.25) is 0 Å². The van der Waals surface area contributed by atoms with Crippen molar-refractivity contribution in [3.63, 3.8) is 0 Å². The van der Waals surface area contributed by atoms with Gasteiger partial charge >= 0.3 is 0 Å². The summed E-state index contributed by atoms with van der Waals surface area (Å²) in [5.41, 5.74) is 7.69. The minimum Gasteiger partial charge on any atom is -0.399 e. The number of unbranched alkanes of at least 4 members (excludes halogenated alkanes) is 1. The third kappa shape index (κ3) is 9.88. The normalized spacial score (nSPS) is 9.59. The molecule has 0 bridgehead atoms. The molecule has 98 valence electrons. The molecule has 0 aromatic heterocycles. The Morgan fingerprint density at radius 1 is 1.06 bits per heavy atom. The van der Waals surface area contributed by atoms with Crippen molar-refractivity contribution in [1.29, 1.82) is 0 Å². The lowest BCUT2D eigenvalue weighted by Crippen LogP contribution is -2.15. The Labute approximate surface area is 107 Å². The Kier molecular flexibility index (Phi) is 10.8. The van der Waals surface area contributed by atoms with E-state index in [0.29, 0.717) is 0 Å². The lowest BCUT2D eigenvalue weighted by atomic mass is 10.1. The molecule has 17 heavy (non-hydrogen) atoms. The molecule has 0 atom stereocenters. The van der Waals surface area contributed by atoms with Crippen LogP contribution in [0.25, 0.3) is 0 Å². The molecule has 3 N–H and O–H groups in total. The molecule has 2 heteroatoms. The maximum atomic E-state index is 5.53. The first kappa shape index (κ1) is 16.0. The monoisotopic (exact) mass is 236 g/mol. The molecule has 0 unspecified atom stereocenters. The van der Waals surface area contributed by atoms with Gasteiger partial charge in [-0.25, -0.2) is 0 Å². The van der Waals surface area contributed by atoms with Crippen LogP contribution in [0.15, 0.2) is 24.3 Å². The van der Waals surface area contributed by atoms with Gasteiger partial charge in [0.1, 0.15) is 0 Å². The van der Waals surface area contributed by atoms with Crippen molar-refractivity contribution in [3.8, 4) is 0 Å². The van der Waals surface area contributed by atoms with Crippen LogP contribution in [0.4, 0.5) is 5.69 Å². The van der Waals surface area contributed by atoms with Gasteiger partial charge in [0, 0.05) is 5.69 Å². The second kappa shape index (κ2) is 11.5. The number of hydrogen-bond acceptors (Lipinski definition) is 2. The number of anilines is 1. The Hall–Kier alpha value is -1.02. The van der Waals surface area contributed by atoms with Crippen LogP contribution in [-0.4, -0.2) is 13.1 Å². The summed E-state index contributed by atoms with van der Waals surface area (Å²) in [4.78, 5) is 0. The van der Waals surface area contributed by atoms with E-state index in [1.807, 2.05) is 18.2 Å². The first-order chi connectivity index (χ1) is 8.24. The van der Waals surface area contributed by atoms with E-state index >= 15 is 0 Å². The molecular weight excluding hydrogens is 208 g/mol. The topological polar surface area (TPSA) is 38.0 Å². The highest BCUT2D eigenvalue weighted by Crippen LogP contribution is 2.05. The summed E-state index contributed by atoms with van der Waals surface area (Å²) in [6.07, 6.45) is 4.94. The Morgan fingerprint density at radius 3 is 2.29 bits per heavy atom. The van der Waals surface area contributed by atoms with Crippen molar-refractivity contribution in [1.82, 2.24) is 5.32 Å². The van der Waals surface area contributed by atoms with E-state index in [9.17, 15) is 0 Å². The Morgan fingerprint density at radius 2 is 1.82 bits per heavy atom. The van der Waals surface area contributed by atoms with E-state index in [0.717, 1.165) is 12.1 Å². The van der Waals surface area contributed by atoms with Gasteiger partial charge < -0.3 is 11.1 Å². The smallest absolute Gasteiger partial charge is 0.0316 e. The lowest BCUT2D eigenvalue weighted by Gasteiger charge is -1.98. The number of nitrogens with two attached hydrogens (primary N) is 1. The van der Waals surface area contributed by atoms with Crippen LogP contribution < -0.4 is 11.1 Å². The molecule has 2 nitrogen and oxygen atoms in total. The second-order valence-electron chi connectivity index (χ2n) is 4.20. The van der Waals surface area contributed by atoms with Crippen molar-refractivity contribution in [2.75, 3.05) is 18.8 Å². The number of aryl methyl sites for hydroxylation is 1. The zero-order valence-corrected chi connectivity index (χ0v) is 11.6. The molecule has 1 aromatic carbocycles. The third-order valence-corrected chi connectivity index (χ3v) is 2.49. The first-order valence-corrected chi connectivity index (χ1v) is 6.79. The predicted molar refractivity (Wildman–Crippen MR) is 78.3 cm³/mol. The van der Waals surface area contributed by atoms with Crippen molar-refractivity contribution in [2.45, 2.75) is 46.5 Å². The number of rotatable bonds is 6. The SMILES string of the molecule is CCCCNCCC.CCc1cccc(N)c1. The highest BCUT2D eigenvalue weighted by Gasteiger charge is 1.86. The summed E-state index contributed by atoms with van der Waals surface area (Å²) < 4.78 is 0. The van der Waals surface area contributed by atoms with Crippen LogP contribution in [-0.2, 0) is 6.42 Å².